The van der Waals surface area contributed by atoms with Gasteiger partial charge in [-0.05, 0) is 42.2 Å². The number of hydrogen-bond donors (Lipinski definition) is 4. The van der Waals surface area contributed by atoms with E-state index in [1.54, 1.807) is 0 Å². The highest BCUT2D eigenvalue weighted by Crippen LogP contribution is 2.15. The molecule has 0 bridgehead atoms. The van der Waals surface area contributed by atoms with Crippen LogP contribution in [0.2, 0.25) is 0 Å². The summed E-state index contributed by atoms with van der Waals surface area (Å²) in [7, 11) is 0. The second-order valence-corrected chi connectivity index (χ2v) is 13.0. The molecule has 4 amide bonds. The van der Waals surface area contributed by atoms with Crippen LogP contribution in [0.3, 0.4) is 0 Å². The lowest BCUT2D eigenvalue weighted by Crippen LogP contribution is -2.59. The maximum atomic E-state index is 13.9. The minimum absolute atomic E-state index is 0.0305. The van der Waals surface area contributed by atoms with Crippen LogP contribution in [0.5, 0.6) is 0 Å². The number of carbonyl (C=O) groups is 5. The minimum atomic E-state index is -1.05. The topological polar surface area (TPSA) is 143 Å². The third-order valence-electron chi connectivity index (χ3n) is 7.80. The number of cyclic esters (lactones) is 1. The molecule has 5 atom stereocenters. The number of amides is 4. The molecule has 1 heterocycles. The average molecular weight is 635 g/mol. The van der Waals surface area contributed by atoms with E-state index in [9.17, 15) is 24.0 Å². The Morgan fingerprint density at radius 3 is 1.57 bits per heavy atom. The van der Waals surface area contributed by atoms with Gasteiger partial charge in [-0.3, -0.25) is 19.2 Å². The van der Waals surface area contributed by atoms with Crippen LogP contribution in [0.25, 0.3) is 0 Å². The molecule has 1 saturated heterocycles. The van der Waals surface area contributed by atoms with Gasteiger partial charge in [0.05, 0.1) is 6.42 Å². The van der Waals surface area contributed by atoms with Crippen molar-refractivity contribution in [3.63, 3.8) is 0 Å². The first-order chi connectivity index (χ1) is 21.9. The van der Waals surface area contributed by atoms with Crippen molar-refractivity contribution in [2.75, 3.05) is 0 Å². The van der Waals surface area contributed by atoms with E-state index in [4.69, 9.17) is 4.74 Å². The predicted octanol–water partition coefficient (Wildman–Crippen LogP) is 3.62. The summed E-state index contributed by atoms with van der Waals surface area (Å²) in [5.41, 5.74) is 1.63. The fourth-order valence-electron chi connectivity index (χ4n) is 5.56. The molecular formula is C36H50N4O6. The molecule has 0 saturated carbocycles. The van der Waals surface area contributed by atoms with Gasteiger partial charge in [-0.25, -0.2) is 4.79 Å². The zero-order valence-corrected chi connectivity index (χ0v) is 27.7. The van der Waals surface area contributed by atoms with E-state index in [1.807, 2.05) is 95.3 Å². The Bertz CT molecular complexity index is 1300. The van der Waals surface area contributed by atoms with Gasteiger partial charge in [-0.2, -0.15) is 0 Å². The summed E-state index contributed by atoms with van der Waals surface area (Å²) in [4.78, 5) is 68.2. The van der Waals surface area contributed by atoms with Crippen LogP contribution in [0.15, 0.2) is 60.7 Å². The van der Waals surface area contributed by atoms with Crippen molar-refractivity contribution in [1.82, 2.24) is 21.3 Å². The zero-order valence-electron chi connectivity index (χ0n) is 27.7. The van der Waals surface area contributed by atoms with Crippen LogP contribution in [0.1, 0.15) is 77.8 Å². The summed E-state index contributed by atoms with van der Waals surface area (Å²) in [6.45, 7) is 9.68. The van der Waals surface area contributed by atoms with Crippen molar-refractivity contribution in [2.45, 2.75) is 110 Å². The number of ether oxygens (including phenoxy) is 1. The number of rotatable bonds is 10. The third-order valence-corrected chi connectivity index (χ3v) is 7.80. The highest BCUT2D eigenvalue weighted by Gasteiger charge is 2.34. The van der Waals surface area contributed by atoms with Gasteiger partial charge in [0.1, 0.15) is 30.3 Å². The van der Waals surface area contributed by atoms with Gasteiger partial charge in [-0.1, -0.05) is 102 Å². The summed E-state index contributed by atoms with van der Waals surface area (Å²) in [5, 5.41) is 11.4. The molecule has 2 aromatic rings. The van der Waals surface area contributed by atoms with Gasteiger partial charge in [0.15, 0.2) is 0 Å². The minimum Gasteiger partial charge on any atom is -0.460 e. The van der Waals surface area contributed by atoms with E-state index in [2.05, 4.69) is 21.3 Å². The fourth-order valence-corrected chi connectivity index (χ4v) is 5.56. The number of esters is 1. The van der Waals surface area contributed by atoms with Crippen molar-refractivity contribution in [3.05, 3.63) is 71.8 Å². The Kier molecular flexibility index (Phi) is 14.2. The molecule has 0 aromatic heterocycles. The summed E-state index contributed by atoms with van der Waals surface area (Å²) >= 11 is 0. The van der Waals surface area contributed by atoms with Crippen molar-refractivity contribution < 1.29 is 28.7 Å². The fraction of sp³-hybridized carbons (Fsp3) is 0.528. The van der Waals surface area contributed by atoms with Crippen molar-refractivity contribution >= 4 is 29.6 Å². The van der Waals surface area contributed by atoms with Crippen molar-refractivity contribution in [1.29, 1.82) is 0 Å². The lowest BCUT2D eigenvalue weighted by Gasteiger charge is -2.29. The van der Waals surface area contributed by atoms with E-state index in [0.717, 1.165) is 11.1 Å². The van der Waals surface area contributed by atoms with Gasteiger partial charge in [-0.15, -0.1) is 0 Å². The summed E-state index contributed by atoms with van der Waals surface area (Å²) < 4.78 is 5.86. The van der Waals surface area contributed by atoms with E-state index in [0.29, 0.717) is 25.7 Å². The van der Waals surface area contributed by atoms with Gasteiger partial charge in [0.2, 0.25) is 23.6 Å². The third kappa shape index (κ3) is 11.9. The molecule has 0 radical (unpaired) electrons. The van der Waals surface area contributed by atoms with Crippen LogP contribution in [0, 0.1) is 11.8 Å². The lowest BCUT2D eigenvalue weighted by molar-refractivity contribution is -0.155. The summed E-state index contributed by atoms with van der Waals surface area (Å²) in [5.74, 6) is -2.58. The van der Waals surface area contributed by atoms with Gasteiger partial charge in [0.25, 0.3) is 0 Å². The maximum Gasteiger partial charge on any atom is 0.329 e. The molecular weight excluding hydrogens is 584 g/mol. The van der Waals surface area contributed by atoms with Crippen LogP contribution in [-0.2, 0) is 41.6 Å². The SMILES string of the molecule is CCCC1CC(=O)NC(CC(C)C)C(=O)NC(Cc2ccccc2)C(=O)NC(CC(C)C)C(=O)NC(Cc2ccccc2)C(=O)O1. The molecule has 10 nitrogen and oxygen atoms in total. The van der Waals surface area contributed by atoms with Crippen molar-refractivity contribution in [3.8, 4) is 0 Å². The second kappa shape index (κ2) is 18.1. The molecule has 5 unspecified atom stereocenters. The van der Waals surface area contributed by atoms with Gasteiger partial charge < -0.3 is 26.0 Å². The standard InChI is InChI=1S/C36H50N4O6/c1-6-13-27-22-32(41)37-28(18-23(2)3)33(42)39-30(20-25-14-9-7-10-15-25)35(44)38-29(19-24(4)5)34(43)40-31(36(45)46-27)21-26-16-11-8-12-17-26/h7-12,14-17,23-24,27-31H,6,13,18-22H2,1-5H3,(H,37,41)(H,38,44)(H,39,42)(H,40,43). The Labute approximate surface area is 272 Å². The summed E-state index contributed by atoms with van der Waals surface area (Å²) in [6.07, 6.45) is 1.18. The maximum absolute atomic E-state index is 13.9. The van der Waals surface area contributed by atoms with Crippen LogP contribution in [0.4, 0.5) is 0 Å². The highest BCUT2D eigenvalue weighted by molar-refractivity contribution is 5.95. The normalized spacial score (nSPS) is 23.7. The summed E-state index contributed by atoms with van der Waals surface area (Å²) in [6, 6.07) is 14.6. The molecule has 3 rings (SSSR count). The average Bonchev–Trinajstić information content (AvgIpc) is 2.99. The number of carbonyl (C=O) groups excluding carboxylic acids is 5. The Balaban J connectivity index is 2.03. The highest BCUT2D eigenvalue weighted by atomic mass is 16.5. The molecule has 1 aliphatic heterocycles. The van der Waals surface area contributed by atoms with E-state index in [1.165, 1.54) is 0 Å². The predicted molar refractivity (Wildman–Crippen MR) is 176 cm³/mol. The number of nitrogens with one attached hydrogen (secondary N) is 4. The second-order valence-electron chi connectivity index (χ2n) is 13.0. The largest absolute Gasteiger partial charge is 0.460 e. The first kappa shape index (κ1) is 36.3. The van der Waals surface area contributed by atoms with Crippen LogP contribution >= 0.6 is 0 Å². The quantitative estimate of drug-likeness (QED) is 0.294. The zero-order chi connectivity index (χ0) is 33.6. The molecule has 46 heavy (non-hydrogen) atoms. The molecule has 0 aliphatic carbocycles. The van der Waals surface area contributed by atoms with E-state index < -0.39 is 59.9 Å². The monoisotopic (exact) mass is 634 g/mol. The first-order valence-electron chi connectivity index (χ1n) is 16.4. The molecule has 1 fully saturated rings. The molecule has 0 spiro atoms. The molecule has 4 N–H and O–H groups in total. The molecule has 2 aromatic carbocycles. The van der Waals surface area contributed by atoms with Gasteiger partial charge in [0, 0.05) is 12.8 Å². The number of benzene rings is 2. The Hall–Kier alpha value is -4.21. The van der Waals surface area contributed by atoms with Gasteiger partial charge >= 0.3 is 5.97 Å². The number of hydrogen-bond acceptors (Lipinski definition) is 6. The lowest BCUT2D eigenvalue weighted by atomic mass is 9.99. The Morgan fingerprint density at radius 2 is 1.07 bits per heavy atom. The molecule has 1 aliphatic rings. The smallest absolute Gasteiger partial charge is 0.329 e. The van der Waals surface area contributed by atoms with Crippen LogP contribution in [-0.4, -0.2) is 59.9 Å². The Morgan fingerprint density at radius 1 is 0.630 bits per heavy atom. The van der Waals surface area contributed by atoms with Crippen LogP contribution < -0.4 is 21.3 Å². The molecule has 10 heteroatoms. The van der Waals surface area contributed by atoms with Crippen molar-refractivity contribution in [2.24, 2.45) is 11.8 Å². The first-order valence-corrected chi connectivity index (χ1v) is 16.4. The van der Waals surface area contributed by atoms with E-state index in [-0.39, 0.29) is 31.1 Å². The van der Waals surface area contributed by atoms with E-state index >= 15 is 0 Å². The molecule has 250 valence electrons.